The van der Waals surface area contributed by atoms with Crippen LogP contribution >= 0.6 is 0 Å². The summed E-state index contributed by atoms with van der Waals surface area (Å²) in [5.74, 6) is 3.42. The molecule has 5 heteroatoms. The van der Waals surface area contributed by atoms with Gasteiger partial charge in [0.15, 0.2) is 0 Å². The summed E-state index contributed by atoms with van der Waals surface area (Å²) in [4.78, 5) is 0. The molecule has 0 aliphatic carbocycles. The molecule has 2 N–H and O–H groups in total. The van der Waals surface area contributed by atoms with E-state index >= 15 is 0 Å². The minimum atomic E-state index is -0.867. The Morgan fingerprint density at radius 2 is 1.57 bits per heavy atom. The predicted molar refractivity (Wildman–Crippen MR) is 108 cm³/mol. The van der Waals surface area contributed by atoms with E-state index in [9.17, 15) is 10.2 Å². The van der Waals surface area contributed by atoms with E-state index < -0.39 is 12.2 Å². The van der Waals surface area contributed by atoms with E-state index in [-0.39, 0.29) is 19.1 Å². The highest BCUT2D eigenvalue weighted by Crippen LogP contribution is 2.18. The zero-order chi connectivity index (χ0) is 20.2. The molecule has 2 aromatic carbocycles. The van der Waals surface area contributed by atoms with Crippen LogP contribution in [0.2, 0.25) is 0 Å². The van der Waals surface area contributed by atoms with E-state index in [0.717, 1.165) is 16.9 Å². The number of methoxy groups -OCH3 is 1. The molecule has 0 saturated carbocycles. The summed E-state index contributed by atoms with van der Waals surface area (Å²) in [6, 6.07) is 17.4. The molecular formula is C23H28O5. The molecule has 3 atom stereocenters. The molecular weight excluding hydrogens is 356 g/mol. The number of rotatable bonds is 12. The number of hydrogen-bond donors (Lipinski definition) is 2. The molecule has 2 aromatic rings. The van der Waals surface area contributed by atoms with Gasteiger partial charge in [0.25, 0.3) is 0 Å². The Kier molecular flexibility index (Phi) is 9.53. The van der Waals surface area contributed by atoms with E-state index in [1.165, 1.54) is 0 Å². The first-order valence-corrected chi connectivity index (χ1v) is 9.29. The molecule has 0 bridgehead atoms. The first-order chi connectivity index (χ1) is 13.6. The minimum absolute atomic E-state index is 0.277. The van der Waals surface area contributed by atoms with Crippen molar-refractivity contribution in [2.45, 2.75) is 44.4 Å². The van der Waals surface area contributed by atoms with Crippen molar-refractivity contribution < 1.29 is 24.4 Å². The van der Waals surface area contributed by atoms with Crippen LogP contribution in [0.25, 0.3) is 0 Å². The van der Waals surface area contributed by atoms with Crippen molar-refractivity contribution in [2.75, 3.05) is 13.7 Å². The summed E-state index contributed by atoms with van der Waals surface area (Å²) < 4.78 is 17.0. The van der Waals surface area contributed by atoms with Crippen LogP contribution in [0.1, 0.15) is 24.0 Å². The molecule has 0 radical (unpaired) electrons. The molecule has 2 rings (SSSR count). The van der Waals surface area contributed by atoms with Crippen molar-refractivity contribution in [1.82, 2.24) is 0 Å². The summed E-state index contributed by atoms with van der Waals surface area (Å²) in [7, 11) is 1.62. The summed E-state index contributed by atoms with van der Waals surface area (Å²) in [5, 5.41) is 19.0. The highest BCUT2D eigenvalue weighted by molar-refractivity contribution is 5.26. The van der Waals surface area contributed by atoms with E-state index in [2.05, 4.69) is 5.92 Å². The third kappa shape index (κ3) is 7.71. The van der Waals surface area contributed by atoms with Crippen molar-refractivity contribution in [2.24, 2.45) is 0 Å². The van der Waals surface area contributed by atoms with Gasteiger partial charge in [-0.15, -0.1) is 6.42 Å². The number of benzene rings is 2. The number of terminal acetylenes is 1. The molecule has 28 heavy (non-hydrogen) atoms. The third-order valence-corrected chi connectivity index (χ3v) is 4.35. The Morgan fingerprint density at radius 1 is 0.929 bits per heavy atom. The van der Waals surface area contributed by atoms with Crippen molar-refractivity contribution >= 4 is 0 Å². The molecule has 5 nitrogen and oxygen atoms in total. The lowest BCUT2D eigenvalue weighted by atomic mass is 10.1. The van der Waals surface area contributed by atoms with Crippen molar-refractivity contribution in [3.63, 3.8) is 0 Å². The fourth-order valence-corrected chi connectivity index (χ4v) is 2.74. The van der Waals surface area contributed by atoms with Crippen LogP contribution in [0.5, 0.6) is 5.75 Å². The monoisotopic (exact) mass is 384 g/mol. The second-order valence-corrected chi connectivity index (χ2v) is 6.54. The Morgan fingerprint density at radius 3 is 2.18 bits per heavy atom. The van der Waals surface area contributed by atoms with Gasteiger partial charge in [-0.2, -0.15) is 0 Å². The summed E-state index contributed by atoms with van der Waals surface area (Å²) in [6.45, 7) is 0.445. The van der Waals surface area contributed by atoms with Gasteiger partial charge >= 0.3 is 0 Å². The topological polar surface area (TPSA) is 68.2 Å². The summed E-state index contributed by atoms with van der Waals surface area (Å²) in [6.07, 6.45) is 4.67. The van der Waals surface area contributed by atoms with Crippen molar-refractivity contribution in [3.8, 4) is 18.1 Å². The number of aliphatic hydroxyl groups excluding tert-OH is 2. The van der Waals surface area contributed by atoms with Gasteiger partial charge in [0.2, 0.25) is 0 Å². The highest BCUT2D eigenvalue weighted by atomic mass is 16.5. The van der Waals surface area contributed by atoms with Crippen molar-refractivity contribution in [3.05, 3.63) is 65.7 Å². The number of hydrogen-bond acceptors (Lipinski definition) is 5. The molecule has 0 unspecified atom stereocenters. The first-order valence-electron chi connectivity index (χ1n) is 9.29. The van der Waals surface area contributed by atoms with E-state index in [4.69, 9.17) is 20.6 Å². The molecule has 0 aliphatic rings. The van der Waals surface area contributed by atoms with Gasteiger partial charge in [-0.05, 0) is 23.3 Å². The molecule has 0 heterocycles. The van der Waals surface area contributed by atoms with Crippen LogP contribution in [0.3, 0.4) is 0 Å². The normalized spacial score (nSPS) is 14.1. The molecule has 0 fully saturated rings. The van der Waals surface area contributed by atoms with E-state index in [1.54, 1.807) is 7.11 Å². The summed E-state index contributed by atoms with van der Waals surface area (Å²) in [5.41, 5.74) is 2.01. The molecule has 0 spiro atoms. The zero-order valence-corrected chi connectivity index (χ0v) is 16.2. The Bertz CT molecular complexity index is 708. The maximum atomic E-state index is 9.85. The van der Waals surface area contributed by atoms with Gasteiger partial charge in [0.1, 0.15) is 11.9 Å². The fourth-order valence-electron chi connectivity index (χ4n) is 2.74. The summed E-state index contributed by atoms with van der Waals surface area (Å²) >= 11 is 0. The van der Waals surface area contributed by atoms with Crippen molar-refractivity contribution in [1.29, 1.82) is 0 Å². The van der Waals surface area contributed by atoms with Gasteiger partial charge in [0, 0.05) is 12.8 Å². The maximum Gasteiger partial charge on any atom is 0.120 e. The standard InChI is InChI=1S/C23H28O5/c1-3-21(27-16-18-7-5-4-6-8-18)14-23(13-20(25)15-24)28-17-19-9-11-22(26-2)12-10-19/h1,4-12,20-21,23-25H,13-17H2,2H3/t20-,21-,23-/m0/s1. The molecule has 0 aromatic heterocycles. The first kappa shape index (κ1) is 21.9. The predicted octanol–water partition coefficient (Wildman–Crippen LogP) is 2.93. The van der Waals surface area contributed by atoms with Gasteiger partial charge in [-0.25, -0.2) is 0 Å². The molecule has 0 amide bonds. The Hall–Kier alpha value is -2.36. The van der Waals surface area contributed by atoms with Gasteiger partial charge in [0.05, 0.1) is 39.1 Å². The average Bonchev–Trinajstić information content (AvgIpc) is 2.75. The smallest absolute Gasteiger partial charge is 0.120 e. The lowest BCUT2D eigenvalue weighted by molar-refractivity contribution is -0.0393. The Labute approximate surface area is 166 Å². The third-order valence-electron chi connectivity index (χ3n) is 4.35. The fraction of sp³-hybridized carbons (Fsp3) is 0.391. The largest absolute Gasteiger partial charge is 0.497 e. The van der Waals surface area contributed by atoms with Crippen LogP contribution < -0.4 is 4.74 Å². The zero-order valence-electron chi connectivity index (χ0n) is 16.2. The van der Waals surface area contributed by atoms with Crippen LogP contribution in [-0.2, 0) is 22.7 Å². The SMILES string of the molecule is C#C[C@@H](C[C@H](C[C@H](O)CO)OCc1ccc(OC)cc1)OCc1ccccc1. The van der Waals surface area contributed by atoms with Gasteiger partial charge < -0.3 is 24.4 Å². The molecule has 0 saturated heterocycles. The number of ether oxygens (including phenoxy) is 3. The van der Waals surface area contributed by atoms with Gasteiger partial charge in [-0.1, -0.05) is 48.4 Å². The number of aliphatic hydroxyl groups is 2. The maximum absolute atomic E-state index is 9.85. The molecule has 0 aliphatic heterocycles. The van der Waals surface area contributed by atoms with Crippen LogP contribution in [0.15, 0.2) is 54.6 Å². The van der Waals surface area contributed by atoms with Crippen LogP contribution in [0, 0.1) is 12.3 Å². The molecule has 150 valence electrons. The second kappa shape index (κ2) is 12.2. The second-order valence-electron chi connectivity index (χ2n) is 6.54. The minimum Gasteiger partial charge on any atom is -0.497 e. The quantitative estimate of drug-likeness (QED) is 0.551. The lowest BCUT2D eigenvalue weighted by Gasteiger charge is -2.23. The van der Waals surface area contributed by atoms with E-state index in [0.29, 0.717) is 19.6 Å². The highest BCUT2D eigenvalue weighted by Gasteiger charge is 2.20. The van der Waals surface area contributed by atoms with Crippen LogP contribution in [-0.4, -0.2) is 42.2 Å². The van der Waals surface area contributed by atoms with Gasteiger partial charge in [-0.3, -0.25) is 0 Å². The Balaban J connectivity index is 1.92. The average molecular weight is 384 g/mol. The lowest BCUT2D eigenvalue weighted by Crippen LogP contribution is -2.28. The van der Waals surface area contributed by atoms with E-state index in [1.807, 2.05) is 54.6 Å². The van der Waals surface area contributed by atoms with Crippen LogP contribution in [0.4, 0.5) is 0 Å².